The molecule has 1 aliphatic rings. The van der Waals surface area contributed by atoms with Crippen LogP contribution in [0.5, 0.6) is 5.75 Å². The first-order valence-electron chi connectivity index (χ1n) is 10.3. The molecule has 0 radical (unpaired) electrons. The van der Waals surface area contributed by atoms with E-state index < -0.39 is 5.60 Å². The maximum atomic E-state index is 6.70. The summed E-state index contributed by atoms with van der Waals surface area (Å²) in [4.78, 5) is 2.12. The number of rotatable bonds is 8. The Hall–Kier alpha value is -2.62. The molecule has 1 saturated heterocycles. The zero-order valence-corrected chi connectivity index (χ0v) is 17.5. The van der Waals surface area contributed by atoms with E-state index in [0.29, 0.717) is 6.61 Å². The summed E-state index contributed by atoms with van der Waals surface area (Å²) in [5.41, 5.74) is 2.73. The van der Waals surface area contributed by atoms with Crippen LogP contribution in [0.4, 0.5) is 0 Å². The fourth-order valence-corrected chi connectivity index (χ4v) is 4.29. The predicted octanol–water partition coefficient (Wildman–Crippen LogP) is 5.21. The van der Waals surface area contributed by atoms with Crippen LogP contribution in [0, 0.1) is 0 Å². The van der Waals surface area contributed by atoms with Crippen LogP contribution in [0.2, 0.25) is 0 Å². The Kier molecular flexibility index (Phi) is 5.44. The van der Waals surface area contributed by atoms with Crippen LogP contribution in [0.15, 0.2) is 84.9 Å². The summed E-state index contributed by atoms with van der Waals surface area (Å²) in [7, 11) is 4.10. The van der Waals surface area contributed by atoms with Gasteiger partial charge in [-0.2, -0.15) is 0 Å². The predicted molar refractivity (Wildman–Crippen MR) is 117 cm³/mol. The number of hydrogen-bond donors (Lipinski definition) is 0. The van der Waals surface area contributed by atoms with E-state index in [4.69, 9.17) is 9.47 Å². The highest BCUT2D eigenvalue weighted by Gasteiger charge is 2.71. The average Bonchev–Trinajstić information content (AvgIpc) is 3.47. The van der Waals surface area contributed by atoms with Crippen molar-refractivity contribution in [2.75, 3.05) is 27.2 Å². The monoisotopic (exact) mass is 387 g/mol. The molecule has 0 amide bonds. The molecule has 0 spiro atoms. The molecule has 0 N–H and O–H groups in total. The van der Waals surface area contributed by atoms with Crippen LogP contribution in [-0.4, -0.2) is 32.1 Å². The fourth-order valence-electron chi connectivity index (χ4n) is 4.29. The summed E-state index contributed by atoms with van der Waals surface area (Å²) < 4.78 is 12.6. The second-order valence-electron chi connectivity index (χ2n) is 7.87. The van der Waals surface area contributed by atoms with Gasteiger partial charge in [-0.1, -0.05) is 79.7 Å². The molecule has 0 aromatic heterocycles. The largest absolute Gasteiger partial charge is 0.492 e. The fraction of sp³-hybridized carbons (Fsp3) is 0.308. The maximum Gasteiger partial charge on any atom is 0.153 e. The maximum absolute atomic E-state index is 6.70. The Morgan fingerprint density at radius 1 is 0.759 bits per heavy atom. The molecule has 2 atom stereocenters. The van der Waals surface area contributed by atoms with Crippen molar-refractivity contribution in [3.05, 3.63) is 102 Å². The number of benzene rings is 3. The third-order valence-corrected chi connectivity index (χ3v) is 5.84. The molecule has 1 fully saturated rings. The lowest BCUT2D eigenvalue weighted by atomic mass is 9.76. The second kappa shape index (κ2) is 8.02. The smallest absolute Gasteiger partial charge is 0.153 e. The van der Waals surface area contributed by atoms with Crippen LogP contribution < -0.4 is 4.74 Å². The minimum atomic E-state index is -0.480. The minimum absolute atomic E-state index is 0.358. The molecular weight excluding hydrogens is 358 g/mol. The summed E-state index contributed by atoms with van der Waals surface area (Å²) in [5.74, 6) is 0.890. The van der Waals surface area contributed by atoms with Crippen molar-refractivity contribution >= 4 is 0 Å². The van der Waals surface area contributed by atoms with Gasteiger partial charge < -0.3 is 14.4 Å². The van der Waals surface area contributed by atoms with Gasteiger partial charge in [0.25, 0.3) is 0 Å². The summed E-state index contributed by atoms with van der Waals surface area (Å²) in [6, 6.07) is 29.6. The van der Waals surface area contributed by atoms with Gasteiger partial charge in [0.15, 0.2) is 5.60 Å². The van der Waals surface area contributed by atoms with Crippen molar-refractivity contribution in [1.29, 1.82) is 0 Å². The van der Waals surface area contributed by atoms with Crippen LogP contribution in [-0.2, 0) is 15.9 Å². The quantitative estimate of drug-likeness (QED) is 0.496. The van der Waals surface area contributed by atoms with Gasteiger partial charge in [-0.05, 0) is 49.3 Å². The van der Waals surface area contributed by atoms with E-state index in [2.05, 4.69) is 111 Å². The first-order valence-corrected chi connectivity index (χ1v) is 10.3. The summed E-state index contributed by atoms with van der Waals surface area (Å²) in [6.45, 7) is 3.78. The Bertz CT molecular complexity index is 924. The second-order valence-corrected chi connectivity index (χ2v) is 7.87. The first-order chi connectivity index (χ1) is 14.1. The zero-order chi connectivity index (χ0) is 20.3. The van der Waals surface area contributed by atoms with Crippen molar-refractivity contribution in [3.8, 4) is 5.75 Å². The number of epoxide rings is 1. The highest BCUT2D eigenvalue weighted by atomic mass is 16.6. The van der Waals surface area contributed by atoms with Crippen LogP contribution in [0.1, 0.15) is 30.0 Å². The highest BCUT2D eigenvalue weighted by Crippen LogP contribution is 2.67. The van der Waals surface area contributed by atoms with E-state index in [1.807, 2.05) is 0 Å². The molecule has 1 heterocycles. The molecule has 3 aromatic carbocycles. The average molecular weight is 388 g/mol. The Balaban J connectivity index is 1.70. The van der Waals surface area contributed by atoms with E-state index in [1.165, 1.54) is 11.1 Å². The van der Waals surface area contributed by atoms with Crippen molar-refractivity contribution in [3.63, 3.8) is 0 Å². The number of likely N-dealkylation sites (N-methyl/N-ethyl adjacent to an activating group) is 1. The molecule has 3 aromatic rings. The number of hydrogen-bond acceptors (Lipinski definition) is 3. The van der Waals surface area contributed by atoms with E-state index >= 15 is 0 Å². The molecule has 0 bridgehead atoms. The van der Waals surface area contributed by atoms with Gasteiger partial charge in [0.05, 0.1) is 0 Å². The normalized spacial score (nSPS) is 23.2. The molecular formula is C26H29NO2. The van der Waals surface area contributed by atoms with E-state index in [1.54, 1.807) is 0 Å². The van der Waals surface area contributed by atoms with Gasteiger partial charge in [0.2, 0.25) is 0 Å². The lowest BCUT2D eigenvalue weighted by Crippen LogP contribution is -2.23. The Morgan fingerprint density at radius 3 is 1.86 bits per heavy atom. The summed E-state index contributed by atoms with van der Waals surface area (Å²) in [5, 5.41) is 0. The summed E-state index contributed by atoms with van der Waals surface area (Å²) >= 11 is 0. The van der Waals surface area contributed by atoms with Gasteiger partial charge in [-0.25, -0.2) is 0 Å². The SMILES string of the molecule is CCC1(c2ccccc2)OC1(c1ccccc1)c1ccc(OCCN(C)C)cc1. The molecule has 150 valence electrons. The number of ether oxygens (including phenoxy) is 2. The Morgan fingerprint density at radius 2 is 1.31 bits per heavy atom. The van der Waals surface area contributed by atoms with E-state index in [9.17, 15) is 0 Å². The van der Waals surface area contributed by atoms with Gasteiger partial charge in [0, 0.05) is 6.54 Å². The lowest BCUT2D eigenvalue weighted by molar-refractivity contribution is 0.261. The van der Waals surface area contributed by atoms with Gasteiger partial charge in [-0.15, -0.1) is 0 Å². The highest BCUT2D eigenvalue weighted by molar-refractivity contribution is 5.51. The van der Waals surface area contributed by atoms with Crippen molar-refractivity contribution in [1.82, 2.24) is 4.90 Å². The van der Waals surface area contributed by atoms with Crippen molar-refractivity contribution < 1.29 is 9.47 Å². The standard InChI is InChI=1S/C26H29NO2/c1-4-25(21-11-7-5-8-12-21)26(29-25,22-13-9-6-10-14-22)23-15-17-24(18-16-23)28-20-19-27(2)3/h5-18H,4,19-20H2,1-3H3. The first kappa shape index (κ1) is 19.7. The molecule has 29 heavy (non-hydrogen) atoms. The molecule has 4 rings (SSSR count). The van der Waals surface area contributed by atoms with Crippen LogP contribution in [0.3, 0.4) is 0 Å². The number of nitrogens with zero attached hydrogens (tertiary/aromatic N) is 1. The third kappa shape index (κ3) is 3.45. The van der Waals surface area contributed by atoms with Gasteiger partial charge in [-0.3, -0.25) is 0 Å². The van der Waals surface area contributed by atoms with Crippen LogP contribution >= 0.6 is 0 Å². The van der Waals surface area contributed by atoms with E-state index in [0.717, 1.165) is 24.3 Å². The van der Waals surface area contributed by atoms with Gasteiger partial charge >= 0.3 is 0 Å². The molecule has 2 unspecified atom stereocenters. The van der Waals surface area contributed by atoms with Gasteiger partial charge in [0.1, 0.15) is 18.0 Å². The van der Waals surface area contributed by atoms with E-state index in [-0.39, 0.29) is 5.60 Å². The van der Waals surface area contributed by atoms with Crippen LogP contribution in [0.25, 0.3) is 0 Å². The minimum Gasteiger partial charge on any atom is -0.492 e. The summed E-state index contributed by atoms with van der Waals surface area (Å²) in [6.07, 6.45) is 0.896. The molecule has 3 heteroatoms. The molecule has 0 aliphatic carbocycles. The third-order valence-electron chi connectivity index (χ3n) is 5.84. The zero-order valence-electron chi connectivity index (χ0n) is 17.5. The van der Waals surface area contributed by atoms with Crippen molar-refractivity contribution in [2.24, 2.45) is 0 Å². The lowest BCUT2D eigenvalue weighted by Gasteiger charge is -2.21. The Labute approximate surface area is 173 Å². The molecule has 1 aliphatic heterocycles. The topological polar surface area (TPSA) is 25.0 Å². The molecule has 0 saturated carbocycles. The molecule has 3 nitrogen and oxygen atoms in total. The van der Waals surface area contributed by atoms with Crippen molar-refractivity contribution in [2.45, 2.75) is 24.5 Å².